The number of rotatable bonds is 6. The molecule has 1 rings (SSSR count). The zero-order valence-corrected chi connectivity index (χ0v) is 15.7. The second-order valence-corrected chi connectivity index (χ2v) is 6.88. The number of anilines is 1. The lowest BCUT2D eigenvalue weighted by molar-refractivity contribution is -0.121. The quantitative estimate of drug-likeness (QED) is 0.610. The summed E-state index contributed by atoms with van der Waals surface area (Å²) in [5.74, 6) is 0.00942. The average Bonchev–Trinajstić information content (AvgIpc) is 2.33. The number of benzene rings is 1. The third-order valence-corrected chi connectivity index (χ3v) is 4.30. The van der Waals surface area contributed by atoms with Gasteiger partial charge in [-0.3, -0.25) is 4.79 Å². The summed E-state index contributed by atoms with van der Waals surface area (Å²) in [6, 6.07) is 3.59. The van der Waals surface area contributed by atoms with Gasteiger partial charge in [-0.05, 0) is 57.3 Å². The molecule has 19 heavy (non-hydrogen) atoms. The van der Waals surface area contributed by atoms with Gasteiger partial charge in [-0.2, -0.15) is 0 Å². The fourth-order valence-electron chi connectivity index (χ4n) is 1.50. The number of carbonyl (C=O) groups excluding carboxylic acids is 1. The molecule has 6 heteroatoms. The van der Waals surface area contributed by atoms with Crippen molar-refractivity contribution in [3.05, 3.63) is 25.6 Å². The Kier molecular flexibility index (Phi) is 7.39. The third-order valence-electron chi connectivity index (χ3n) is 2.59. The van der Waals surface area contributed by atoms with Crippen molar-refractivity contribution < 1.29 is 4.79 Å². The first-order valence-electron chi connectivity index (χ1n) is 6.14. The summed E-state index contributed by atoms with van der Waals surface area (Å²) in [5, 5.41) is 6.12. The van der Waals surface area contributed by atoms with Crippen LogP contribution in [-0.4, -0.2) is 18.5 Å². The first kappa shape index (κ1) is 17.0. The predicted octanol–water partition coefficient (Wildman–Crippen LogP) is 4.69. The van der Waals surface area contributed by atoms with Crippen LogP contribution >= 0.6 is 47.8 Å². The monoisotopic (exact) mass is 454 g/mol. The Morgan fingerprint density at radius 2 is 1.84 bits per heavy atom. The Labute approximate surface area is 139 Å². The standard InChI is InChI=1S/C13H17Br3N2O/c1-3-4-5-17-13(19)8(2)18-12-10(15)6-9(14)7-11(12)16/h6-8,18H,3-5H2,1-2H3,(H,17,19). The highest BCUT2D eigenvalue weighted by atomic mass is 79.9. The van der Waals surface area contributed by atoms with E-state index in [0.29, 0.717) is 0 Å². The summed E-state index contributed by atoms with van der Waals surface area (Å²) in [6.45, 7) is 4.68. The van der Waals surface area contributed by atoms with E-state index in [1.165, 1.54) is 0 Å². The highest BCUT2D eigenvalue weighted by molar-refractivity contribution is 9.11. The van der Waals surface area contributed by atoms with Crippen molar-refractivity contribution >= 4 is 59.4 Å². The second kappa shape index (κ2) is 8.27. The van der Waals surface area contributed by atoms with E-state index in [1.54, 1.807) is 0 Å². The lowest BCUT2D eigenvalue weighted by Crippen LogP contribution is -2.38. The van der Waals surface area contributed by atoms with E-state index in [1.807, 2.05) is 19.1 Å². The molecule has 0 bridgehead atoms. The maximum Gasteiger partial charge on any atom is 0.242 e. The van der Waals surface area contributed by atoms with Crippen molar-refractivity contribution in [3.8, 4) is 0 Å². The van der Waals surface area contributed by atoms with E-state index in [0.717, 1.165) is 38.5 Å². The van der Waals surface area contributed by atoms with Crippen LogP contribution in [0, 0.1) is 0 Å². The van der Waals surface area contributed by atoms with Gasteiger partial charge in [0.1, 0.15) is 6.04 Å². The van der Waals surface area contributed by atoms with Crippen molar-refractivity contribution in [2.45, 2.75) is 32.7 Å². The Hall–Kier alpha value is -0.0700. The maximum atomic E-state index is 11.9. The third kappa shape index (κ3) is 5.44. The molecule has 1 atom stereocenters. The fraction of sp³-hybridized carbons (Fsp3) is 0.462. The zero-order valence-electron chi connectivity index (χ0n) is 10.9. The van der Waals surface area contributed by atoms with Gasteiger partial charge >= 0.3 is 0 Å². The first-order valence-corrected chi connectivity index (χ1v) is 8.52. The molecule has 0 saturated heterocycles. The van der Waals surface area contributed by atoms with Gasteiger partial charge in [0, 0.05) is 20.0 Å². The molecular formula is C13H17Br3N2O. The van der Waals surface area contributed by atoms with Crippen molar-refractivity contribution in [2.24, 2.45) is 0 Å². The summed E-state index contributed by atoms with van der Waals surface area (Å²) in [6.07, 6.45) is 2.08. The molecule has 0 heterocycles. The zero-order chi connectivity index (χ0) is 14.4. The molecule has 1 aromatic rings. The molecule has 0 saturated carbocycles. The largest absolute Gasteiger partial charge is 0.372 e. The predicted molar refractivity (Wildman–Crippen MR) is 90.5 cm³/mol. The minimum atomic E-state index is -0.286. The van der Waals surface area contributed by atoms with Crippen LogP contribution in [0.3, 0.4) is 0 Å². The summed E-state index contributed by atoms with van der Waals surface area (Å²) in [7, 11) is 0. The number of halogens is 3. The van der Waals surface area contributed by atoms with Crippen LogP contribution in [0.4, 0.5) is 5.69 Å². The van der Waals surface area contributed by atoms with Crippen LogP contribution in [0.1, 0.15) is 26.7 Å². The van der Waals surface area contributed by atoms with Crippen molar-refractivity contribution in [1.82, 2.24) is 5.32 Å². The summed E-state index contributed by atoms with van der Waals surface area (Å²) >= 11 is 10.4. The summed E-state index contributed by atoms with van der Waals surface area (Å²) in [5.41, 5.74) is 0.876. The lowest BCUT2D eigenvalue weighted by Gasteiger charge is -2.17. The van der Waals surface area contributed by atoms with Crippen molar-refractivity contribution in [3.63, 3.8) is 0 Å². The minimum absolute atomic E-state index is 0.00942. The van der Waals surface area contributed by atoms with Crippen LogP contribution in [0.2, 0.25) is 0 Å². The Morgan fingerprint density at radius 1 is 1.26 bits per heavy atom. The molecule has 0 spiro atoms. The second-order valence-electron chi connectivity index (χ2n) is 4.26. The van der Waals surface area contributed by atoms with Gasteiger partial charge in [0.25, 0.3) is 0 Å². The molecule has 0 aliphatic heterocycles. The first-order chi connectivity index (χ1) is 8.95. The number of unbranched alkanes of at least 4 members (excludes halogenated alkanes) is 1. The molecule has 1 aromatic carbocycles. The number of hydrogen-bond acceptors (Lipinski definition) is 2. The molecule has 1 unspecified atom stereocenters. The number of amides is 1. The van der Waals surface area contributed by atoms with Crippen LogP contribution in [-0.2, 0) is 4.79 Å². The van der Waals surface area contributed by atoms with Crippen molar-refractivity contribution in [2.75, 3.05) is 11.9 Å². The fourth-order valence-corrected chi connectivity index (χ4v) is 3.99. The van der Waals surface area contributed by atoms with Gasteiger partial charge < -0.3 is 10.6 Å². The van der Waals surface area contributed by atoms with Crippen LogP contribution in [0.5, 0.6) is 0 Å². The van der Waals surface area contributed by atoms with Crippen molar-refractivity contribution in [1.29, 1.82) is 0 Å². The normalized spacial score (nSPS) is 12.1. The maximum absolute atomic E-state index is 11.9. The van der Waals surface area contributed by atoms with E-state index in [9.17, 15) is 4.79 Å². The van der Waals surface area contributed by atoms with Crippen LogP contribution in [0.25, 0.3) is 0 Å². The molecule has 0 aliphatic rings. The van der Waals surface area contributed by atoms with Gasteiger partial charge in [-0.25, -0.2) is 0 Å². The van der Waals surface area contributed by atoms with Gasteiger partial charge in [-0.15, -0.1) is 0 Å². The Bertz CT molecular complexity index is 429. The van der Waals surface area contributed by atoms with E-state index in [-0.39, 0.29) is 11.9 Å². The van der Waals surface area contributed by atoms with E-state index in [4.69, 9.17) is 0 Å². The van der Waals surface area contributed by atoms with E-state index in [2.05, 4.69) is 65.3 Å². The van der Waals surface area contributed by atoms with E-state index >= 15 is 0 Å². The van der Waals surface area contributed by atoms with Gasteiger partial charge in [-0.1, -0.05) is 29.3 Å². The van der Waals surface area contributed by atoms with Gasteiger partial charge in [0.2, 0.25) is 5.91 Å². The molecule has 0 aliphatic carbocycles. The van der Waals surface area contributed by atoms with Gasteiger partial charge in [0.15, 0.2) is 0 Å². The Morgan fingerprint density at radius 3 is 2.37 bits per heavy atom. The highest BCUT2D eigenvalue weighted by Crippen LogP contribution is 2.34. The number of carbonyl (C=O) groups is 1. The molecular weight excluding hydrogens is 440 g/mol. The SMILES string of the molecule is CCCCNC(=O)C(C)Nc1c(Br)cc(Br)cc1Br. The molecule has 2 N–H and O–H groups in total. The topological polar surface area (TPSA) is 41.1 Å². The highest BCUT2D eigenvalue weighted by Gasteiger charge is 2.15. The van der Waals surface area contributed by atoms with E-state index < -0.39 is 0 Å². The molecule has 106 valence electrons. The smallest absolute Gasteiger partial charge is 0.242 e. The molecule has 0 fully saturated rings. The molecule has 1 amide bonds. The lowest BCUT2D eigenvalue weighted by atomic mass is 10.2. The number of nitrogens with one attached hydrogen (secondary N) is 2. The molecule has 0 aromatic heterocycles. The van der Waals surface area contributed by atoms with Crippen LogP contribution < -0.4 is 10.6 Å². The minimum Gasteiger partial charge on any atom is -0.372 e. The summed E-state index contributed by atoms with van der Waals surface area (Å²) in [4.78, 5) is 11.9. The number of hydrogen-bond donors (Lipinski definition) is 2. The summed E-state index contributed by atoms with van der Waals surface area (Å²) < 4.78 is 2.78. The average molecular weight is 457 g/mol. The van der Waals surface area contributed by atoms with Crippen LogP contribution in [0.15, 0.2) is 25.6 Å². The van der Waals surface area contributed by atoms with Gasteiger partial charge in [0.05, 0.1) is 5.69 Å². The molecule has 3 nitrogen and oxygen atoms in total. The molecule has 0 radical (unpaired) electrons. The Balaban J connectivity index is 2.66.